The number of hydrogen-bond donors (Lipinski definition) is 0. The molecule has 1 saturated heterocycles. The highest BCUT2D eigenvalue weighted by atomic mass is 16.5. The quantitative estimate of drug-likeness (QED) is 0.798. The van der Waals surface area contributed by atoms with E-state index < -0.39 is 0 Å². The summed E-state index contributed by atoms with van der Waals surface area (Å²) in [6, 6.07) is 9.56. The lowest BCUT2D eigenvalue weighted by molar-refractivity contribution is -0.134. The Kier molecular flexibility index (Phi) is 6.20. The van der Waals surface area contributed by atoms with Crippen LogP contribution in [0.15, 0.2) is 42.7 Å². The summed E-state index contributed by atoms with van der Waals surface area (Å²) < 4.78 is 5.90. The molecule has 2 aromatic rings. The van der Waals surface area contributed by atoms with Crippen LogP contribution >= 0.6 is 0 Å². The minimum absolute atomic E-state index is 0.00267. The van der Waals surface area contributed by atoms with Gasteiger partial charge in [0.2, 0.25) is 0 Å². The van der Waals surface area contributed by atoms with Crippen LogP contribution < -0.4 is 4.74 Å². The molecule has 29 heavy (non-hydrogen) atoms. The van der Waals surface area contributed by atoms with Gasteiger partial charge >= 0.3 is 0 Å². The molecule has 1 aliphatic rings. The van der Waals surface area contributed by atoms with Crippen molar-refractivity contribution in [2.75, 3.05) is 32.8 Å². The molecule has 0 saturated carbocycles. The van der Waals surface area contributed by atoms with Gasteiger partial charge in [-0.3, -0.25) is 14.6 Å². The number of benzene rings is 1. The molecule has 6 nitrogen and oxygen atoms in total. The van der Waals surface area contributed by atoms with Crippen molar-refractivity contribution in [3.63, 3.8) is 0 Å². The fraction of sp³-hybridized carbons (Fsp3) is 0.435. The zero-order chi connectivity index (χ0) is 21.0. The van der Waals surface area contributed by atoms with Gasteiger partial charge in [0.05, 0.1) is 5.56 Å². The SMILES string of the molecule is Cc1ccc(OCC(=O)N2CCN(C(=O)c3cccnc3)CC2)c(C(C)(C)C)c1. The molecule has 154 valence electrons. The Morgan fingerprint density at radius 3 is 2.38 bits per heavy atom. The number of aromatic nitrogens is 1. The molecule has 1 fully saturated rings. The third kappa shape index (κ3) is 5.13. The van der Waals surface area contributed by atoms with Gasteiger partial charge < -0.3 is 14.5 Å². The van der Waals surface area contributed by atoms with Crippen molar-refractivity contribution < 1.29 is 14.3 Å². The number of rotatable bonds is 4. The number of ether oxygens (including phenoxy) is 1. The predicted octanol–water partition coefficient (Wildman–Crippen LogP) is 3.05. The molecule has 2 amide bonds. The van der Waals surface area contributed by atoms with Crippen LogP contribution in [0.4, 0.5) is 0 Å². The van der Waals surface area contributed by atoms with Crippen molar-refractivity contribution in [3.8, 4) is 5.75 Å². The number of carbonyl (C=O) groups excluding carboxylic acids is 2. The Balaban J connectivity index is 1.55. The maximum atomic E-state index is 12.6. The first-order valence-corrected chi connectivity index (χ1v) is 9.97. The lowest BCUT2D eigenvalue weighted by Crippen LogP contribution is -2.51. The summed E-state index contributed by atoms with van der Waals surface area (Å²) in [5.74, 6) is 0.650. The third-order valence-electron chi connectivity index (χ3n) is 5.12. The van der Waals surface area contributed by atoms with Crippen molar-refractivity contribution in [2.24, 2.45) is 0 Å². The highest BCUT2D eigenvalue weighted by Crippen LogP contribution is 2.32. The van der Waals surface area contributed by atoms with Crippen LogP contribution in [0.1, 0.15) is 42.3 Å². The normalized spacial score (nSPS) is 14.6. The van der Waals surface area contributed by atoms with Crippen LogP contribution in [0.25, 0.3) is 0 Å². The zero-order valence-corrected chi connectivity index (χ0v) is 17.6. The molecular formula is C23H29N3O3. The lowest BCUT2D eigenvalue weighted by Gasteiger charge is -2.34. The Bertz CT molecular complexity index is 867. The van der Waals surface area contributed by atoms with E-state index in [9.17, 15) is 9.59 Å². The summed E-state index contributed by atoms with van der Waals surface area (Å²) in [5, 5.41) is 0. The Morgan fingerprint density at radius 1 is 1.07 bits per heavy atom. The zero-order valence-electron chi connectivity index (χ0n) is 17.6. The largest absolute Gasteiger partial charge is 0.483 e. The maximum absolute atomic E-state index is 12.6. The van der Waals surface area contributed by atoms with Crippen LogP contribution in [0.2, 0.25) is 0 Å². The molecule has 0 N–H and O–H groups in total. The molecule has 6 heteroatoms. The van der Waals surface area contributed by atoms with Crippen LogP contribution in [-0.4, -0.2) is 59.4 Å². The first-order chi connectivity index (χ1) is 13.8. The second-order valence-electron chi connectivity index (χ2n) is 8.45. The van der Waals surface area contributed by atoms with Gasteiger partial charge in [0.25, 0.3) is 11.8 Å². The topological polar surface area (TPSA) is 62.7 Å². The van der Waals surface area contributed by atoms with Crippen LogP contribution in [-0.2, 0) is 10.2 Å². The van der Waals surface area contributed by atoms with Gasteiger partial charge in [0, 0.05) is 38.6 Å². The summed E-state index contributed by atoms with van der Waals surface area (Å²) in [5.41, 5.74) is 2.77. The van der Waals surface area contributed by atoms with Gasteiger partial charge in [0.15, 0.2) is 6.61 Å². The summed E-state index contributed by atoms with van der Waals surface area (Å²) in [7, 11) is 0. The molecule has 1 aromatic heterocycles. The van der Waals surface area contributed by atoms with Crippen molar-refractivity contribution in [1.29, 1.82) is 0 Å². The Morgan fingerprint density at radius 2 is 1.76 bits per heavy atom. The molecule has 1 aromatic carbocycles. The standard InChI is InChI=1S/C23H29N3O3/c1-17-7-8-20(19(14-17)23(2,3)4)29-16-21(27)25-10-12-26(13-11-25)22(28)18-6-5-9-24-15-18/h5-9,14-15H,10-13,16H2,1-4H3. The number of piperazine rings is 1. The molecule has 0 spiro atoms. The van der Waals surface area contributed by atoms with Gasteiger partial charge in [-0.05, 0) is 36.1 Å². The monoisotopic (exact) mass is 395 g/mol. The van der Waals surface area contributed by atoms with Crippen LogP contribution in [0.5, 0.6) is 5.75 Å². The molecule has 1 aliphatic heterocycles. The van der Waals surface area contributed by atoms with E-state index in [1.165, 1.54) is 5.56 Å². The van der Waals surface area contributed by atoms with E-state index in [-0.39, 0.29) is 23.8 Å². The fourth-order valence-electron chi connectivity index (χ4n) is 3.42. The van der Waals surface area contributed by atoms with E-state index in [1.54, 1.807) is 34.3 Å². The summed E-state index contributed by atoms with van der Waals surface area (Å²) >= 11 is 0. The number of pyridine rings is 1. The second kappa shape index (κ2) is 8.64. The maximum Gasteiger partial charge on any atom is 0.260 e. The molecular weight excluding hydrogens is 366 g/mol. The van der Waals surface area contributed by atoms with Gasteiger partial charge in [-0.25, -0.2) is 0 Å². The number of amides is 2. The molecule has 0 bridgehead atoms. The van der Waals surface area contributed by atoms with E-state index in [0.29, 0.717) is 31.7 Å². The van der Waals surface area contributed by atoms with E-state index in [2.05, 4.69) is 38.7 Å². The van der Waals surface area contributed by atoms with E-state index in [0.717, 1.165) is 11.3 Å². The van der Waals surface area contributed by atoms with E-state index in [1.807, 2.05) is 12.1 Å². The molecule has 0 aliphatic carbocycles. The predicted molar refractivity (Wildman–Crippen MR) is 112 cm³/mol. The average molecular weight is 396 g/mol. The number of nitrogens with zero attached hydrogens (tertiary/aromatic N) is 3. The number of hydrogen-bond acceptors (Lipinski definition) is 4. The Labute approximate surface area is 172 Å². The highest BCUT2D eigenvalue weighted by Gasteiger charge is 2.26. The minimum atomic E-state index is -0.0668. The van der Waals surface area contributed by atoms with E-state index >= 15 is 0 Å². The van der Waals surface area contributed by atoms with Gasteiger partial charge in [-0.15, -0.1) is 0 Å². The van der Waals surface area contributed by atoms with Crippen molar-refractivity contribution in [1.82, 2.24) is 14.8 Å². The van der Waals surface area contributed by atoms with Gasteiger partial charge in [-0.1, -0.05) is 38.5 Å². The first-order valence-electron chi connectivity index (χ1n) is 9.97. The Hall–Kier alpha value is -2.89. The van der Waals surface area contributed by atoms with Gasteiger partial charge in [-0.2, -0.15) is 0 Å². The summed E-state index contributed by atoms with van der Waals surface area (Å²) in [6.07, 6.45) is 3.22. The molecule has 2 heterocycles. The molecule has 0 atom stereocenters. The highest BCUT2D eigenvalue weighted by molar-refractivity contribution is 5.94. The molecule has 0 unspecified atom stereocenters. The lowest BCUT2D eigenvalue weighted by atomic mass is 9.85. The van der Waals surface area contributed by atoms with Crippen molar-refractivity contribution in [3.05, 3.63) is 59.4 Å². The fourth-order valence-corrected chi connectivity index (χ4v) is 3.42. The van der Waals surface area contributed by atoms with Gasteiger partial charge in [0.1, 0.15) is 5.75 Å². The van der Waals surface area contributed by atoms with Crippen molar-refractivity contribution in [2.45, 2.75) is 33.1 Å². The third-order valence-corrected chi connectivity index (χ3v) is 5.12. The number of carbonyl (C=O) groups is 2. The van der Waals surface area contributed by atoms with E-state index in [4.69, 9.17) is 4.74 Å². The van der Waals surface area contributed by atoms with Crippen LogP contribution in [0, 0.1) is 6.92 Å². The van der Waals surface area contributed by atoms with Crippen LogP contribution in [0.3, 0.4) is 0 Å². The average Bonchev–Trinajstić information content (AvgIpc) is 2.72. The molecule has 3 rings (SSSR count). The summed E-state index contributed by atoms with van der Waals surface area (Å²) in [6.45, 7) is 10.5. The van der Waals surface area contributed by atoms with Crippen molar-refractivity contribution >= 4 is 11.8 Å². The second-order valence-corrected chi connectivity index (χ2v) is 8.45. The smallest absolute Gasteiger partial charge is 0.260 e. The summed E-state index contributed by atoms with van der Waals surface area (Å²) in [4.78, 5) is 32.7. The number of aryl methyl sites for hydroxylation is 1. The first kappa shape index (κ1) is 20.8. The molecule has 0 radical (unpaired) electrons. The minimum Gasteiger partial charge on any atom is -0.483 e.